The lowest BCUT2D eigenvalue weighted by molar-refractivity contribution is -0.139. The quantitative estimate of drug-likeness (QED) is 0.129. The summed E-state index contributed by atoms with van der Waals surface area (Å²) in [6.45, 7) is 6.82. The van der Waals surface area contributed by atoms with Gasteiger partial charge in [0.25, 0.3) is 0 Å². The first-order chi connectivity index (χ1) is 19.0. The highest BCUT2D eigenvalue weighted by Crippen LogP contribution is 2.26. The van der Waals surface area contributed by atoms with Crippen LogP contribution >= 0.6 is 0 Å². The van der Waals surface area contributed by atoms with E-state index in [0.29, 0.717) is 29.6 Å². The number of nitrogens with two attached hydrogens (primary N) is 1. The Kier molecular flexibility index (Phi) is 10.9. The van der Waals surface area contributed by atoms with Crippen LogP contribution in [0.4, 0.5) is 5.69 Å². The minimum Gasteiger partial charge on any atom is -0.422 e. The van der Waals surface area contributed by atoms with E-state index in [1.165, 1.54) is 0 Å². The predicted molar refractivity (Wildman–Crippen MR) is 152 cm³/mol. The molecule has 206 valence electrons. The molecule has 5 rings (SSSR count). The average Bonchev–Trinajstić information content (AvgIpc) is 3.42. The van der Waals surface area contributed by atoms with Gasteiger partial charge in [0.2, 0.25) is 17.8 Å². The smallest absolute Gasteiger partial charge is 0.344 e. The van der Waals surface area contributed by atoms with Crippen molar-refractivity contribution in [3.05, 3.63) is 52.9 Å². The lowest BCUT2D eigenvalue weighted by Gasteiger charge is -2.23. The summed E-state index contributed by atoms with van der Waals surface area (Å²) in [6, 6.07) is 12.3. The number of nitriles is 1. The molecule has 0 bridgehead atoms. The SMILES string of the molecule is CC.N#CNC(N)=Nc1ccc2oc(=O)c3ccccc3c2c1.O=C(CN1CCCCCC1=O)N1CCCC1. The first-order valence-electron chi connectivity index (χ1n) is 13.5. The summed E-state index contributed by atoms with van der Waals surface area (Å²) in [4.78, 5) is 43.2. The summed E-state index contributed by atoms with van der Waals surface area (Å²) in [5.41, 5.74) is 6.20. The van der Waals surface area contributed by atoms with Gasteiger partial charge in [0.15, 0.2) is 6.19 Å². The Morgan fingerprint density at radius 3 is 2.41 bits per heavy atom. The van der Waals surface area contributed by atoms with Crippen molar-refractivity contribution in [1.29, 1.82) is 5.26 Å². The molecule has 39 heavy (non-hydrogen) atoms. The van der Waals surface area contributed by atoms with Crippen molar-refractivity contribution < 1.29 is 14.0 Å². The standard InChI is InChI=1S/C15H10N4O2.C12H20N2O2.C2H6/c16-8-18-15(17)19-9-5-6-13-12(7-9)10-3-1-2-4-11(10)14(20)21-13;15-11-6-2-1-3-9-14(11)10-12(16)13-7-4-5-8-13;1-2/h1-7H,(H3,17,18,19);1-10H2;1-2H3. The van der Waals surface area contributed by atoms with Crippen LogP contribution in [0.2, 0.25) is 0 Å². The van der Waals surface area contributed by atoms with Crippen LogP contribution in [0.25, 0.3) is 21.7 Å². The van der Waals surface area contributed by atoms with Gasteiger partial charge in [0.05, 0.1) is 17.6 Å². The molecule has 3 N–H and O–H groups in total. The number of carbonyl (C=O) groups is 2. The largest absolute Gasteiger partial charge is 0.422 e. The molecule has 1 aromatic heterocycles. The van der Waals surface area contributed by atoms with Crippen LogP contribution in [-0.4, -0.2) is 53.8 Å². The van der Waals surface area contributed by atoms with E-state index < -0.39 is 0 Å². The topological polar surface area (TPSA) is 145 Å². The maximum absolute atomic E-state index is 11.9. The number of guanidine groups is 1. The third kappa shape index (κ3) is 7.80. The first-order valence-corrected chi connectivity index (χ1v) is 13.5. The molecule has 2 aliphatic rings. The molecule has 0 aliphatic carbocycles. The normalized spacial score (nSPS) is 15.5. The van der Waals surface area contributed by atoms with Crippen LogP contribution < -0.4 is 16.7 Å². The maximum Gasteiger partial charge on any atom is 0.344 e. The summed E-state index contributed by atoms with van der Waals surface area (Å²) < 4.78 is 5.28. The molecular weight excluding hydrogens is 496 g/mol. The van der Waals surface area contributed by atoms with E-state index >= 15 is 0 Å². The van der Waals surface area contributed by atoms with Gasteiger partial charge in [-0.05, 0) is 55.3 Å². The fourth-order valence-corrected chi connectivity index (χ4v) is 4.60. The number of likely N-dealkylation sites (tertiary alicyclic amines) is 2. The molecule has 3 aromatic rings. The van der Waals surface area contributed by atoms with E-state index in [1.54, 1.807) is 41.4 Å². The van der Waals surface area contributed by atoms with Gasteiger partial charge < -0.3 is 20.0 Å². The molecule has 2 amide bonds. The van der Waals surface area contributed by atoms with Crippen molar-refractivity contribution in [2.75, 3.05) is 26.2 Å². The van der Waals surface area contributed by atoms with Gasteiger partial charge in [0, 0.05) is 31.4 Å². The van der Waals surface area contributed by atoms with Gasteiger partial charge in [-0.25, -0.2) is 9.79 Å². The third-order valence-electron chi connectivity index (χ3n) is 6.49. The molecule has 2 fully saturated rings. The minimum absolute atomic E-state index is 0.00135. The van der Waals surface area contributed by atoms with Crippen LogP contribution in [0, 0.1) is 11.5 Å². The second-order valence-electron chi connectivity index (χ2n) is 9.06. The zero-order valence-electron chi connectivity index (χ0n) is 22.6. The molecular formula is C29H36N6O4. The Hall–Kier alpha value is -4.39. The number of carbonyl (C=O) groups excluding carboxylic acids is 2. The number of amides is 2. The van der Waals surface area contributed by atoms with E-state index in [2.05, 4.69) is 10.3 Å². The summed E-state index contributed by atoms with van der Waals surface area (Å²) >= 11 is 0. The second-order valence-corrected chi connectivity index (χ2v) is 9.06. The number of hydrogen-bond donors (Lipinski definition) is 2. The summed E-state index contributed by atoms with van der Waals surface area (Å²) in [5.74, 6) is 0.288. The van der Waals surface area contributed by atoms with Gasteiger partial charge in [-0.2, -0.15) is 5.26 Å². The predicted octanol–water partition coefficient (Wildman–Crippen LogP) is 4.00. The van der Waals surface area contributed by atoms with Gasteiger partial charge in [-0.15, -0.1) is 0 Å². The van der Waals surface area contributed by atoms with Crippen LogP contribution in [0.15, 0.2) is 56.7 Å². The van der Waals surface area contributed by atoms with E-state index in [9.17, 15) is 14.4 Å². The van der Waals surface area contributed by atoms with Gasteiger partial charge in [-0.3, -0.25) is 14.9 Å². The summed E-state index contributed by atoms with van der Waals surface area (Å²) in [7, 11) is 0. The number of aliphatic imine (C=N–C) groups is 1. The second kappa shape index (κ2) is 14.5. The van der Waals surface area contributed by atoms with Crippen molar-refractivity contribution >= 4 is 45.2 Å². The number of rotatable bonds is 3. The Bertz CT molecular complexity index is 1420. The third-order valence-corrected chi connectivity index (χ3v) is 6.49. The maximum atomic E-state index is 11.9. The fraction of sp³-hybridized carbons (Fsp3) is 0.414. The average molecular weight is 533 g/mol. The molecule has 10 heteroatoms. The highest BCUT2D eigenvalue weighted by Gasteiger charge is 2.23. The molecule has 3 heterocycles. The molecule has 0 spiro atoms. The Morgan fingerprint density at radius 2 is 1.69 bits per heavy atom. The molecule has 0 unspecified atom stereocenters. The highest BCUT2D eigenvalue weighted by atomic mass is 16.4. The minimum atomic E-state index is -0.375. The van der Waals surface area contributed by atoms with Crippen LogP contribution in [0.1, 0.15) is 52.4 Å². The summed E-state index contributed by atoms with van der Waals surface area (Å²) in [6.07, 6.45) is 7.67. The number of fused-ring (bicyclic) bond motifs is 3. The van der Waals surface area contributed by atoms with Crippen LogP contribution in [0.5, 0.6) is 0 Å². The van der Waals surface area contributed by atoms with Gasteiger partial charge in [-0.1, -0.05) is 38.5 Å². The Balaban J connectivity index is 0.000000210. The van der Waals surface area contributed by atoms with Crippen LogP contribution in [0.3, 0.4) is 0 Å². The molecule has 2 aromatic carbocycles. The molecule has 0 saturated carbocycles. The van der Waals surface area contributed by atoms with Crippen molar-refractivity contribution in [3.8, 4) is 6.19 Å². The lowest BCUT2D eigenvalue weighted by Crippen LogP contribution is -2.41. The zero-order chi connectivity index (χ0) is 28.2. The van der Waals surface area contributed by atoms with E-state index in [-0.39, 0.29) is 23.4 Å². The molecule has 0 radical (unpaired) electrons. The van der Waals surface area contributed by atoms with Crippen molar-refractivity contribution in [2.45, 2.75) is 52.4 Å². The van der Waals surface area contributed by atoms with Crippen molar-refractivity contribution in [1.82, 2.24) is 15.1 Å². The number of nitrogens with one attached hydrogen (secondary N) is 1. The Labute approximate surface area is 228 Å². The zero-order valence-corrected chi connectivity index (χ0v) is 22.6. The van der Waals surface area contributed by atoms with Crippen LogP contribution in [-0.2, 0) is 9.59 Å². The lowest BCUT2D eigenvalue weighted by atomic mass is 10.1. The Morgan fingerprint density at radius 1 is 1.00 bits per heavy atom. The summed E-state index contributed by atoms with van der Waals surface area (Å²) in [5, 5.41) is 12.8. The van der Waals surface area contributed by atoms with E-state index in [0.717, 1.165) is 62.5 Å². The molecule has 2 saturated heterocycles. The van der Waals surface area contributed by atoms with Crippen molar-refractivity contribution in [3.63, 3.8) is 0 Å². The van der Waals surface area contributed by atoms with Gasteiger partial charge >= 0.3 is 5.63 Å². The number of hydrogen-bond acceptors (Lipinski definition) is 6. The van der Waals surface area contributed by atoms with E-state index in [4.69, 9.17) is 15.4 Å². The first kappa shape index (κ1) is 29.2. The highest BCUT2D eigenvalue weighted by molar-refractivity contribution is 6.05. The number of nitrogens with zero attached hydrogens (tertiary/aromatic N) is 4. The number of benzene rings is 2. The van der Waals surface area contributed by atoms with Gasteiger partial charge in [0.1, 0.15) is 5.58 Å². The molecule has 0 atom stereocenters. The van der Waals surface area contributed by atoms with E-state index in [1.807, 2.05) is 30.9 Å². The van der Waals surface area contributed by atoms with Crippen molar-refractivity contribution in [2.24, 2.45) is 10.7 Å². The molecule has 2 aliphatic heterocycles. The fourth-order valence-electron chi connectivity index (χ4n) is 4.60. The molecule has 10 nitrogen and oxygen atoms in total. The monoisotopic (exact) mass is 532 g/mol.